The van der Waals surface area contributed by atoms with E-state index in [-0.39, 0.29) is 24.2 Å². The Morgan fingerprint density at radius 3 is 3.09 bits per heavy atom. The third-order valence-corrected chi connectivity index (χ3v) is 4.96. The van der Waals surface area contributed by atoms with E-state index >= 15 is 0 Å². The van der Waals surface area contributed by atoms with Crippen molar-refractivity contribution in [3.63, 3.8) is 0 Å². The summed E-state index contributed by atoms with van der Waals surface area (Å²) in [5.41, 5.74) is -0.758. The SMILES string of the molecule is O=C1NC2(CCSC2)C(=O)N1Cc1nc(-c2ccco2)no1. The summed E-state index contributed by atoms with van der Waals surface area (Å²) in [5, 5.41) is 6.58. The number of aromatic nitrogens is 2. The molecule has 8 nitrogen and oxygen atoms in total. The highest BCUT2D eigenvalue weighted by Gasteiger charge is 2.53. The molecule has 114 valence electrons. The molecule has 0 bridgehead atoms. The number of imide groups is 1. The first-order chi connectivity index (χ1) is 10.7. The monoisotopic (exact) mass is 320 g/mol. The normalized spacial score (nSPS) is 24.5. The largest absolute Gasteiger partial charge is 0.461 e. The van der Waals surface area contributed by atoms with Crippen molar-refractivity contribution in [2.24, 2.45) is 0 Å². The van der Waals surface area contributed by atoms with Gasteiger partial charge >= 0.3 is 6.03 Å². The van der Waals surface area contributed by atoms with Crippen molar-refractivity contribution in [1.29, 1.82) is 0 Å². The van der Waals surface area contributed by atoms with Gasteiger partial charge in [0.1, 0.15) is 12.1 Å². The molecular weight excluding hydrogens is 308 g/mol. The molecule has 0 aliphatic carbocycles. The van der Waals surface area contributed by atoms with E-state index in [1.54, 1.807) is 23.9 Å². The van der Waals surface area contributed by atoms with Crippen molar-refractivity contribution in [3.8, 4) is 11.6 Å². The van der Waals surface area contributed by atoms with E-state index < -0.39 is 11.6 Å². The van der Waals surface area contributed by atoms with E-state index in [4.69, 9.17) is 8.94 Å². The number of hydrogen-bond donors (Lipinski definition) is 1. The number of urea groups is 1. The molecule has 1 N–H and O–H groups in total. The van der Waals surface area contributed by atoms with E-state index in [1.165, 1.54) is 6.26 Å². The molecule has 4 heterocycles. The first-order valence-corrected chi connectivity index (χ1v) is 7.92. The molecule has 1 atom stereocenters. The maximum Gasteiger partial charge on any atom is 0.325 e. The standard InChI is InChI=1S/C13H12N4O4S/c18-11-13(3-5-22-7-13)15-12(19)17(11)6-9-14-10(16-21-9)8-2-1-4-20-8/h1-2,4H,3,5-7H2,(H,15,19). The van der Waals surface area contributed by atoms with Crippen LogP contribution in [0.15, 0.2) is 27.3 Å². The summed E-state index contributed by atoms with van der Waals surface area (Å²) in [6, 6.07) is 3.00. The topological polar surface area (TPSA) is 101 Å². The Hall–Kier alpha value is -2.29. The minimum atomic E-state index is -0.758. The summed E-state index contributed by atoms with van der Waals surface area (Å²) in [4.78, 5) is 29.8. The molecule has 0 aromatic carbocycles. The van der Waals surface area contributed by atoms with Crippen LogP contribution in [0, 0.1) is 0 Å². The average Bonchev–Trinajstić information content (AvgIpc) is 3.25. The maximum absolute atomic E-state index is 12.5. The minimum Gasteiger partial charge on any atom is -0.461 e. The predicted octanol–water partition coefficient (Wildman–Crippen LogP) is 1.26. The fourth-order valence-corrected chi connectivity index (χ4v) is 3.94. The lowest BCUT2D eigenvalue weighted by Gasteiger charge is -2.18. The van der Waals surface area contributed by atoms with Crippen LogP contribution in [0.25, 0.3) is 11.6 Å². The van der Waals surface area contributed by atoms with Crippen LogP contribution in [0.1, 0.15) is 12.3 Å². The van der Waals surface area contributed by atoms with Crippen LogP contribution in [-0.2, 0) is 11.3 Å². The van der Waals surface area contributed by atoms with Gasteiger partial charge in [-0.05, 0) is 24.3 Å². The Kier molecular flexibility index (Phi) is 2.96. The third-order valence-electron chi connectivity index (χ3n) is 3.77. The fraction of sp³-hybridized carbons (Fsp3) is 0.385. The first-order valence-electron chi connectivity index (χ1n) is 6.76. The van der Waals surface area contributed by atoms with Crippen molar-refractivity contribution < 1.29 is 18.5 Å². The summed E-state index contributed by atoms with van der Waals surface area (Å²) < 4.78 is 10.3. The highest BCUT2D eigenvalue weighted by atomic mass is 32.2. The van der Waals surface area contributed by atoms with Crippen LogP contribution >= 0.6 is 11.8 Å². The predicted molar refractivity (Wildman–Crippen MR) is 75.8 cm³/mol. The van der Waals surface area contributed by atoms with Crippen molar-refractivity contribution in [2.75, 3.05) is 11.5 Å². The van der Waals surface area contributed by atoms with E-state index in [0.29, 0.717) is 17.9 Å². The van der Waals surface area contributed by atoms with Gasteiger partial charge in [-0.3, -0.25) is 9.69 Å². The lowest BCUT2D eigenvalue weighted by molar-refractivity contribution is -0.131. The second-order valence-corrected chi connectivity index (χ2v) is 6.30. The van der Waals surface area contributed by atoms with Crippen molar-refractivity contribution >= 4 is 23.7 Å². The summed E-state index contributed by atoms with van der Waals surface area (Å²) >= 11 is 1.66. The van der Waals surface area contributed by atoms with Gasteiger partial charge in [-0.2, -0.15) is 16.7 Å². The summed E-state index contributed by atoms with van der Waals surface area (Å²) in [5.74, 6) is 2.20. The number of nitrogens with zero attached hydrogens (tertiary/aromatic N) is 3. The van der Waals surface area contributed by atoms with E-state index in [9.17, 15) is 9.59 Å². The Labute approximate surface area is 129 Å². The molecule has 2 aliphatic heterocycles. The maximum atomic E-state index is 12.5. The zero-order valence-corrected chi connectivity index (χ0v) is 12.3. The van der Waals surface area contributed by atoms with Crippen molar-refractivity contribution in [2.45, 2.75) is 18.5 Å². The highest BCUT2D eigenvalue weighted by molar-refractivity contribution is 7.99. The molecular formula is C13H12N4O4S. The lowest BCUT2D eigenvalue weighted by Crippen LogP contribution is -2.46. The molecule has 4 rings (SSSR count). The molecule has 2 aromatic heterocycles. The van der Waals surface area contributed by atoms with Gasteiger partial charge in [-0.1, -0.05) is 5.16 Å². The van der Waals surface area contributed by atoms with E-state index in [1.807, 2.05) is 0 Å². The van der Waals surface area contributed by atoms with Gasteiger partial charge in [-0.15, -0.1) is 0 Å². The van der Waals surface area contributed by atoms with Gasteiger partial charge in [-0.25, -0.2) is 4.79 Å². The Bertz CT molecular complexity index is 720. The minimum absolute atomic E-state index is 0.0369. The van der Waals surface area contributed by atoms with Gasteiger partial charge < -0.3 is 14.3 Å². The van der Waals surface area contributed by atoms with E-state index in [0.717, 1.165) is 10.7 Å². The zero-order chi connectivity index (χ0) is 15.2. The second kappa shape index (κ2) is 4.87. The van der Waals surface area contributed by atoms with Gasteiger partial charge in [0.05, 0.1) is 6.26 Å². The molecule has 1 spiro atoms. The Morgan fingerprint density at radius 2 is 2.36 bits per heavy atom. The quantitative estimate of drug-likeness (QED) is 0.849. The van der Waals surface area contributed by atoms with Crippen LogP contribution in [-0.4, -0.2) is 44.0 Å². The van der Waals surface area contributed by atoms with Gasteiger partial charge in [0, 0.05) is 5.75 Å². The number of rotatable bonds is 3. The average molecular weight is 320 g/mol. The molecule has 2 aliphatic rings. The lowest BCUT2D eigenvalue weighted by atomic mass is 9.99. The number of carbonyl (C=O) groups is 2. The molecule has 0 saturated carbocycles. The molecule has 2 aromatic rings. The van der Waals surface area contributed by atoms with Gasteiger partial charge in [0.15, 0.2) is 5.76 Å². The molecule has 2 fully saturated rings. The van der Waals surface area contributed by atoms with Crippen LogP contribution < -0.4 is 5.32 Å². The zero-order valence-electron chi connectivity index (χ0n) is 11.4. The third kappa shape index (κ3) is 2.00. The molecule has 9 heteroatoms. The van der Waals surface area contributed by atoms with Crippen molar-refractivity contribution in [1.82, 2.24) is 20.4 Å². The number of furan rings is 1. The van der Waals surface area contributed by atoms with Gasteiger partial charge in [0.2, 0.25) is 11.7 Å². The molecule has 22 heavy (non-hydrogen) atoms. The molecule has 0 radical (unpaired) electrons. The smallest absolute Gasteiger partial charge is 0.325 e. The first kappa shape index (κ1) is 13.4. The van der Waals surface area contributed by atoms with Crippen LogP contribution in [0.3, 0.4) is 0 Å². The number of nitrogens with one attached hydrogen (secondary N) is 1. The Balaban J connectivity index is 1.54. The summed E-state index contributed by atoms with van der Waals surface area (Å²) in [6.07, 6.45) is 2.16. The number of hydrogen-bond acceptors (Lipinski definition) is 7. The summed E-state index contributed by atoms with van der Waals surface area (Å²) in [6.45, 7) is -0.0369. The number of amides is 3. The molecule has 3 amide bonds. The summed E-state index contributed by atoms with van der Waals surface area (Å²) in [7, 11) is 0. The molecule has 1 unspecified atom stereocenters. The van der Waals surface area contributed by atoms with Crippen LogP contribution in [0.5, 0.6) is 0 Å². The molecule has 2 saturated heterocycles. The number of carbonyl (C=O) groups excluding carboxylic acids is 2. The van der Waals surface area contributed by atoms with E-state index in [2.05, 4.69) is 15.5 Å². The Morgan fingerprint density at radius 1 is 1.45 bits per heavy atom. The van der Waals surface area contributed by atoms with Crippen molar-refractivity contribution in [3.05, 3.63) is 24.3 Å². The second-order valence-electron chi connectivity index (χ2n) is 5.20. The fourth-order valence-electron chi connectivity index (χ4n) is 2.61. The van der Waals surface area contributed by atoms with Crippen LogP contribution in [0.4, 0.5) is 4.79 Å². The van der Waals surface area contributed by atoms with Crippen LogP contribution in [0.2, 0.25) is 0 Å². The highest BCUT2D eigenvalue weighted by Crippen LogP contribution is 2.33. The van der Waals surface area contributed by atoms with Gasteiger partial charge in [0.25, 0.3) is 5.91 Å². The number of thioether (sulfide) groups is 1.